The first-order chi connectivity index (χ1) is 9.86. The van der Waals surface area contributed by atoms with Crippen LogP contribution < -0.4 is 11.1 Å². The first kappa shape index (κ1) is 16.3. The number of thiazole rings is 1. The predicted octanol–water partition coefficient (Wildman–Crippen LogP) is 3.64. The number of amides is 1. The predicted molar refractivity (Wildman–Crippen MR) is 93.1 cm³/mol. The van der Waals surface area contributed by atoms with E-state index in [1.54, 1.807) is 23.3 Å². The second-order valence-electron chi connectivity index (χ2n) is 4.92. The van der Waals surface area contributed by atoms with Crippen molar-refractivity contribution in [2.75, 3.05) is 18.1 Å². The molecule has 0 aromatic carbocycles. The quantitative estimate of drug-likeness (QED) is 0.819. The van der Waals surface area contributed by atoms with Crippen LogP contribution in [0.2, 0.25) is 0 Å². The summed E-state index contributed by atoms with van der Waals surface area (Å²) in [5.41, 5.74) is 5.86. The van der Waals surface area contributed by atoms with Crippen LogP contribution in [0.1, 0.15) is 28.4 Å². The van der Waals surface area contributed by atoms with Gasteiger partial charge in [-0.2, -0.15) is 0 Å². The molecule has 114 valence electrons. The van der Waals surface area contributed by atoms with Gasteiger partial charge in [0.2, 0.25) is 0 Å². The molecule has 1 amide bonds. The molecule has 0 bridgehead atoms. The van der Waals surface area contributed by atoms with Gasteiger partial charge in [0.15, 0.2) is 5.13 Å². The van der Waals surface area contributed by atoms with E-state index >= 15 is 0 Å². The molecule has 0 saturated carbocycles. The minimum Gasteiger partial charge on any atom is -0.382 e. The van der Waals surface area contributed by atoms with Gasteiger partial charge in [-0.25, -0.2) is 4.98 Å². The molecule has 2 heterocycles. The van der Waals surface area contributed by atoms with E-state index in [1.807, 2.05) is 25.3 Å². The topological polar surface area (TPSA) is 71.2 Å². The molecule has 2 aromatic rings. The standard InChI is InChI=1S/C13H17BrN4OS2/c1-7(2)16-13-17-11(15)10(21-13)12(19)18(3)5-9-4-8(14)6-20-9/h4,6-7H,5,15H2,1-3H3,(H,16,17). The van der Waals surface area contributed by atoms with Crippen LogP contribution in [0, 0.1) is 0 Å². The Bertz CT molecular complexity index is 638. The molecule has 8 heteroatoms. The summed E-state index contributed by atoms with van der Waals surface area (Å²) in [5, 5.41) is 5.84. The van der Waals surface area contributed by atoms with Crippen molar-refractivity contribution in [3.05, 3.63) is 25.7 Å². The van der Waals surface area contributed by atoms with E-state index in [4.69, 9.17) is 5.73 Å². The van der Waals surface area contributed by atoms with Crippen molar-refractivity contribution >= 4 is 55.5 Å². The van der Waals surface area contributed by atoms with Gasteiger partial charge in [0.1, 0.15) is 10.7 Å². The highest BCUT2D eigenvalue weighted by Gasteiger charge is 2.20. The molecule has 0 aliphatic carbocycles. The lowest BCUT2D eigenvalue weighted by molar-refractivity contribution is 0.0792. The SMILES string of the molecule is CC(C)Nc1nc(N)c(C(=O)N(C)Cc2cc(Br)cs2)s1. The lowest BCUT2D eigenvalue weighted by Crippen LogP contribution is -2.25. The molecular weight excluding hydrogens is 372 g/mol. The Morgan fingerprint density at radius 1 is 1.57 bits per heavy atom. The number of nitrogens with one attached hydrogen (secondary N) is 1. The second-order valence-corrected chi connectivity index (χ2v) is 7.84. The van der Waals surface area contributed by atoms with Crippen LogP contribution >= 0.6 is 38.6 Å². The van der Waals surface area contributed by atoms with E-state index in [0.29, 0.717) is 16.6 Å². The Hall–Kier alpha value is -1.12. The molecule has 0 atom stereocenters. The number of carbonyl (C=O) groups excluding carboxylic acids is 1. The Labute approximate surface area is 140 Å². The summed E-state index contributed by atoms with van der Waals surface area (Å²) < 4.78 is 1.03. The van der Waals surface area contributed by atoms with E-state index in [1.165, 1.54) is 11.3 Å². The zero-order valence-electron chi connectivity index (χ0n) is 12.0. The minimum absolute atomic E-state index is 0.105. The number of nitrogens with zero attached hydrogens (tertiary/aromatic N) is 2. The average Bonchev–Trinajstić information content (AvgIpc) is 2.94. The van der Waals surface area contributed by atoms with Gasteiger partial charge in [0.05, 0.1) is 6.54 Å². The Morgan fingerprint density at radius 2 is 2.29 bits per heavy atom. The third-order valence-corrected chi connectivity index (χ3v) is 5.29. The molecule has 0 radical (unpaired) electrons. The van der Waals surface area contributed by atoms with Gasteiger partial charge in [-0.15, -0.1) is 11.3 Å². The van der Waals surface area contributed by atoms with Gasteiger partial charge in [0.25, 0.3) is 5.91 Å². The third-order valence-electron chi connectivity index (χ3n) is 2.62. The minimum atomic E-state index is -0.105. The zero-order valence-corrected chi connectivity index (χ0v) is 15.2. The number of hydrogen-bond donors (Lipinski definition) is 2. The molecule has 0 aliphatic rings. The summed E-state index contributed by atoms with van der Waals surface area (Å²) in [7, 11) is 1.77. The largest absolute Gasteiger partial charge is 0.382 e. The summed E-state index contributed by atoms with van der Waals surface area (Å²) in [5.74, 6) is 0.179. The maximum atomic E-state index is 12.5. The molecule has 3 N–H and O–H groups in total. The number of aromatic nitrogens is 1. The van der Waals surface area contributed by atoms with Gasteiger partial charge in [-0.3, -0.25) is 4.79 Å². The molecular formula is C13H17BrN4OS2. The lowest BCUT2D eigenvalue weighted by atomic mass is 10.4. The maximum Gasteiger partial charge on any atom is 0.267 e. The van der Waals surface area contributed by atoms with E-state index in [0.717, 1.165) is 9.35 Å². The van der Waals surface area contributed by atoms with Crippen molar-refractivity contribution in [1.29, 1.82) is 0 Å². The monoisotopic (exact) mass is 388 g/mol. The lowest BCUT2D eigenvalue weighted by Gasteiger charge is -2.15. The molecule has 2 rings (SSSR count). The number of halogens is 1. The fraction of sp³-hybridized carbons (Fsp3) is 0.385. The molecule has 21 heavy (non-hydrogen) atoms. The van der Waals surface area contributed by atoms with Crippen molar-refractivity contribution in [2.45, 2.75) is 26.4 Å². The van der Waals surface area contributed by atoms with Crippen LogP contribution in [0.25, 0.3) is 0 Å². The Morgan fingerprint density at radius 3 is 2.86 bits per heavy atom. The second kappa shape index (κ2) is 6.76. The van der Waals surface area contributed by atoms with Crippen molar-refractivity contribution in [3.8, 4) is 0 Å². The summed E-state index contributed by atoms with van der Waals surface area (Å²) in [6, 6.07) is 2.26. The number of carbonyl (C=O) groups is 1. The normalized spacial score (nSPS) is 10.9. The summed E-state index contributed by atoms with van der Waals surface area (Å²) in [6.45, 7) is 4.58. The molecule has 0 saturated heterocycles. The maximum absolute atomic E-state index is 12.5. The smallest absolute Gasteiger partial charge is 0.267 e. The van der Waals surface area contributed by atoms with Crippen LogP contribution in [-0.4, -0.2) is 28.9 Å². The van der Waals surface area contributed by atoms with Crippen molar-refractivity contribution in [2.24, 2.45) is 0 Å². The van der Waals surface area contributed by atoms with Gasteiger partial charge < -0.3 is 16.0 Å². The van der Waals surface area contributed by atoms with Gasteiger partial charge in [-0.1, -0.05) is 11.3 Å². The number of thiophene rings is 1. The molecule has 0 unspecified atom stereocenters. The van der Waals surface area contributed by atoms with E-state index in [9.17, 15) is 4.79 Å². The van der Waals surface area contributed by atoms with Crippen molar-refractivity contribution in [1.82, 2.24) is 9.88 Å². The molecule has 2 aromatic heterocycles. The Balaban J connectivity index is 2.10. The summed E-state index contributed by atoms with van der Waals surface area (Å²) in [6.07, 6.45) is 0. The number of nitrogen functional groups attached to an aromatic ring is 1. The Kier molecular flexibility index (Phi) is 5.23. The van der Waals surface area contributed by atoms with E-state index < -0.39 is 0 Å². The van der Waals surface area contributed by atoms with E-state index in [2.05, 4.69) is 26.2 Å². The number of anilines is 2. The average molecular weight is 389 g/mol. The van der Waals surface area contributed by atoms with Crippen LogP contribution in [-0.2, 0) is 6.54 Å². The molecule has 0 spiro atoms. The first-order valence-corrected chi connectivity index (χ1v) is 8.87. The number of rotatable bonds is 5. The highest BCUT2D eigenvalue weighted by atomic mass is 79.9. The van der Waals surface area contributed by atoms with Crippen molar-refractivity contribution < 1.29 is 4.79 Å². The van der Waals surface area contributed by atoms with Crippen molar-refractivity contribution in [3.63, 3.8) is 0 Å². The summed E-state index contributed by atoms with van der Waals surface area (Å²) >= 11 is 6.32. The van der Waals surface area contributed by atoms with Gasteiger partial charge in [0, 0.05) is 27.8 Å². The number of nitrogens with two attached hydrogens (primary N) is 1. The molecule has 5 nitrogen and oxygen atoms in total. The van der Waals surface area contributed by atoms with Crippen LogP contribution in [0.15, 0.2) is 15.9 Å². The van der Waals surface area contributed by atoms with Gasteiger partial charge >= 0.3 is 0 Å². The highest BCUT2D eigenvalue weighted by molar-refractivity contribution is 9.10. The van der Waals surface area contributed by atoms with Crippen LogP contribution in [0.3, 0.4) is 0 Å². The van der Waals surface area contributed by atoms with E-state index in [-0.39, 0.29) is 17.8 Å². The fourth-order valence-corrected chi connectivity index (χ4v) is 4.24. The van der Waals surface area contributed by atoms with Gasteiger partial charge in [-0.05, 0) is 35.8 Å². The summed E-state index contributed by atoms with van der Waals surface area (Å²) in [4.78, 5) is 19.9. The molecule has 0 aliphatic heterocycles. The third kappa shape index (κ3) is 4.18. The van der Waals surface area contributed by atoms with Crippen LogP contribution in [0.5, 0.6) is 0 Å². The highest BCUT2D eigenvalue weighted by Crippen LogP contribution is 2.28. The zero-order chi connectivity index (χ0) is 15.6. The number of hydrogen-bond acceptors (Lipinski definition) is 6. The first-order valence-electron chi connectivity index (χ1n) is 6.38. The molecule has 0 fully saturated rings. The fourth-order valence-electron chi connectivity index (χ4n) is 1.71. The van der Waals surface area contributed by atoms with Crippen LogP contribution in [0.4, 0.5) is 10.9 Å².